The van der Waals surface area contributed by atoms with Gasteiger partial charge in [-0.25, -0.2) is 4.98 Å². The second-order valence-corrected chi connectivity index (χ2v) is 5.18. The van der Waals surface area contributed by atoms with Crippen LogP contribution in [0.2, 0.25) is 0 Å². The molecule has 1 fully saturated rings. The van der Waals surface area contributed by atoms with Crippen LogP contribution in [-0.2, 0) is 0 Å². The van der Waals surface area contributed by atoms with Gasteiger partial charge in [0.15, 0.2) is 0 Å². The molecule has 3 heteroatoms. The van der Waals surface area contributed by atoms with E-state index in [0.29, 0.717) is 0 Å². The van der Waals surface area contributed by atoms with E-state index in [-0.39, 0.29) is 0 Å². The predicted octanol–water partition coefficient (Wildman–Crippen LogP) is 3.14. The van der Waals surface area contributed by atoms with Crippen LogP contribution in [0, 0.1) is 5.92 Å². The molecule has 0 saturated heterocycles. The topological polar surface area (TPSA) is 28.2 Å². The van der Waals surface area contributed by atoms with E-state index in [2.05, 4.69) is 22.4 Å². The highest BCUT2D eigenvalue weighted by Crippen LogP contribution is 2.24. The molecule has 1 aromatic heterocycles. The van der Waals surface area contributed by atoms with Gasteiger partial charge in [0.1, 0.15) is 5.82 Å². The van der Waals surface area contributed by atoms with Crippen molar-refractivity contribution >= 4 is 11.5 Å². The molecule has 0 bridgehead atoms. The smallest absolute Gasteiger partial charge is 0.128 e. The average molecular weight is 233 g/mol. The Morgan fingerprint density at radius 2 is 2.00 bits per heavy atom. The number of rotatable bonds is 4. The predicted molar refractivity (Wildman–Crippen MR) is 73.6 cm³/mol. The van der Waals surface area contributed by atoms with Crippen LogP contribution in [0.15, 0.2) is 18.3 Å². The molecule has 0 aromatic carbocycles. The van der Waals surface area contributed by atoms with Gasteiger partial charge in [-0.15, -0.1) is 0 Å². The summed E-state index contributed by atoms with van der Waals surface area (Å²) in [6, 6.07) is 4.17. The molecule has 3 nitrogen and oxygen atoms in total. The van der Waals surface area contributed by atoms with E-state index in [0.717, 1.165) is 24.0 Å². The molecule has 1 aliphatic carbocycles. The molecular weight excluding hydrogens is 210 g/mol. The Labute approximate surface area is 104 Å². The molecule has 94 valence electrons. The van der Waals surface area contributed by atoms with Crippen LogP contribution in [0.3, 0.4) is 0 Å². The van der Waals surface area contributed by atoms with E-state index in [1.165, 1.54) is 32.1 Å². The van der Waals surface area contributed by atoms with Gasteiger partial charge in [0.25, 0.3) is 0 Å². The zero-order chi connectivity index (χ0) is 12.1. The summed E-state index contributed by atoms with van der Waals surface area (Å²) >= 11 is 0. The molecule has 1 aromatic rings. The van der Waals surface area contributed by atoms with Crippen LogP contribution < -0.4 is 10.2 Å². The molecule has 0 unspecified atom stereocenters. The van der Waals surface area contributed by atoms with Gasteiger partial charge < -0.3 is 10.2 Å². The molecule has 0 amide bonds. The lowest BCUT2D eigenvalue weighted by atomic mass is 9.89. The zero-order valence-corrected chi connectivity index (χ0v) is 10.9. The third-order valence-corrected chi connectivity index (χ3v) is 3.53. The van der Waals surface area contributed by atoms with E-state index < -0.39 is 0 Å². The van der Waals surface area contributed by atoms with Crippen molar-refractivity contribution in [2.45, 2.75) is 32.1 Å². The van der Waals surface area contributed by atoms with Gasteiger partial charge >= 0.3 is 0 Å². The molecular formula is C14H23N3. The summed E-state index contributed by atoms with van der Waals surface area (Å²) in [6.45, 7) is 1.10. The molecule has 0 aliphatic heterocycles. The lowest BCUT2D eigenvalue weighted by Gasteiger charge is -2.22. The van der Waals surface area contributed by atoms with Crippen LogP contribution in [0.1, 0.15) is 32.1 Å². The monoisotopic (exact) mass is 233 g/mol. The number of aromatic nitrogens is 1. The molecule has 1 heterocycles. The van der Waals surface area contributed by atoms with Gasteiger partial charge in [0, 0.05) is 20.6 Å². The summed E-state index contributed by atoms with van der Waals surface area (Å²) in [5.74, 6) is 1.87. The minimum Gasteiger partial charge on any atom is -0.384 e. The Kier molecular flexibility index (Phi) is 4.24. The van der Waals surface area contributed by atoms with E-state index in [1.54, 1.807) is 0 Å². The number of pyridine rings is 1. The van der Waals surface area contributed by atoms with Crippen LogP contribution in [-0.4, -0.2) is 25.6 Å². The fourth-order valence-corrected chi connectivity index (χ4v) is 2.41. The molecule has 1 saturated carbocycles. The normalized spacial score (nSPS) is 16.8. The Morgan fingerprint density at radius 1 is 1.24 bits per heavy atom. The average Bonchev–Trinajstić information content (AvgIpc) is 2.38. The summed E-state index contributed by atoms with van der Waals surface area (Å²) in [6.07, 6.45) is 8.94. The standard InChI is InChI=1S/C14H23N3/c1-17(2)14-9-8-13(11-16-14)15-10-12-6-4-3-5-7-12/h8-9,11-12,15H,3-7,10H2,1-2H3. The molecule has 2 rings (SSSR count). The van der Waals surface area contributed by atoms with Crippen LogP contribution in [0.5, 0.6) is 0 Å². The summed E-state index contributed by atoms with van der Waals surface area (Å²) < 4.78 is 0. The molecule has 17 heavy (non-hydrogen) atoms. The maximum absolute atomic E-state index is 4.41. The van der Waals surface area contributed by atoms with Crippen molar-refractivity contribution in [2.75, 3.05) is 30.9 Å². The number of hydrogen-bond donors (Lipinski definition) is 1. The Balaban J connectivity index is 1.82. The molecule has 0 spiro atoms. The van der Waals surface area contributed by atoms with Gasteiger partial charge in [-0.3, -0.25) is 0 Å². The maximum atomic E-state index is 4.41. The second-order valence-electron chi connectivity index (χ2n) is 5.18. The summed E-state index contributed by atoms with van der Waals surface area (Å²) in [4.78, 5) is 6.42. The van der Waals surface area contributed by atoms with Crippen LogP contribution >= 0.6 is 0 Å². The first-order chi connectivity index (χ1) is 8.25. The van der Waals surface area contributed by atoms with Gasteiger partial charge in [-0.1, -0.05) is 19.3 Å². The highest BCUT2D eigenvalue weighted by Gasteiger charge is 2.12. The SMILES string of the molecule is CN(C)c1ccc(NCC2CCCCC2)cn1. The van der Waals surface area contributed by atoms with Gasteiger partial charge in [-0.05, 0) is 30.9 Å². The molecule has 1 N–H and O–H groups in total. The minimum atomic E-state index is 0.859. The lowest BCUT2D eigenvalue weighted by Crippen LogP contribution is -2.17. The summed E-state index contributed by atoms with van der Waals surface area (Å²) in [7, 11) is 4.02. The second kappa shape index (κ2) is 5.89. The number of nitrogens with one attached hydrogen (secondary N) is 1. The zero-order valence-electron chi connectivity index (χ0n) is 10.9. The van der Waals surface area contributed by atoms with Crippen molar-refractivity contribution in [2.24, 2.45) is 5.92 Å². The lowest BCUT2D eigenvalue weighted by molar-refractivity contribution is 0.373. The van der Waals surface area contributed by atoms with Gasteiger partial charge in [-0.2, -0.15) is 0 Å². The fraction of sp³-hybridized carbons (Fsp3) is 0.643. The number of anilines is 2. The first kappa shape index (κ1) is 12.2. The van der Waals surface area contributed by atoms with Crippen molar-refractivity contribution in [1.82, 2.24) is 4.98 Å². The van der Waals surface area contributed by atoms with E-state index >= 15 is 0 Å². The third kappa shape index (κ3) is 3.62. The Morgan fingerprint density at radius 3 is 2.59 bits per heavy atom. The first-order valence-electron chi connectivity index (χ1n) is 6.63. The number of hydrogen-bond acceptors (Lipinski definition) is 3. The van der Waals surface area contributed by atoms with Crippen molar-refractivity contribution < 1.29 is 0 Å². The molecule has 0 radical (unpaired) electrons. The summed E-state index contributed by atoms with van der Waals surface area (Å²) in [5, 5.41) is 3.50. The van der Waals surface area contributed by atoms with E-state index in [1.807, 2.05) is 25.2 Å². The highest BCUT2D eigenvalue weighted by atomic mass is 15.1. The first-order valence-corrected chi connectivity index (χ1v) is 6.63. The van der Waals surface area contributed by atoms with E-state index in [9.17, 15) is 0 Å². The van der Waals surface area contributed by atoms with Gasteiger partial charge in [0.05, 0.1) is 11.9 Å². The fourth-order valence-electron chi connectivity index (χ4n) is 2.41. The van der Waals surface area contributed by atoms with Crippen molar-refractivity contribution in [3.05, 3.63) is 18.3 Å². The van der Waals surface area contributed by atoms with E-state index in [4.69, 9.17) is 0 Å². The summed E-state index contributed by atoms with van der Waals surface area (Å²) in [5.41, 5.74) is 1.14. The van der Waals surface area contributed by atoms with Crippen molar-refractivity contribution in [3.8, 4) is 0 Å². The van der Waals surface area contributed by atoms with Crippen LogP contribution in [0.4, 0.5) is 11.5 Å². The maximum Gasteiger partial charge on any atom is 0.128 e. The van der Waals surface area contributed by atoms with Crippen molar-refractivity contribution in [1.29, 1.82) is 0 Å². The third-order valence-electron chi connectivity index (χ3n) is 3.53. The minimum absolute atomic E-state index is 0.859. The van der Waals surface area contributed by atoms with Gasteiger partial charge in [0.2, 0.25) is 0 Å². The Hall–Kier alpha value is -1.25. The van der Waals surface area contributed by atoms with Crippen LogP contribution in [0.25, 0.3) is 0 Å². The molecule has 1 aliphatic rings. The Bertz CT molecular complexity index is 326. The van der Waals surface area contributed by atoms with Crippen molar-refractivity contribution in [3.63, 3.8) is 0 Å². The quantitative estimate of drug-likeness (QED) is 0.866. The highest BCUT2D eigenvalue weighted by molar-refractivity contribution is 5.47. The largest absolute Gasteiger partial charge is 0.384 e. The number of nitrogens with zero attached hydrogens (tertiary/aromatic N) is 2. The molecule has 0 atom stereocenters.